The molecule has 1 fully saturated rings. The lowest BCUT2D eigenvalue weighted by Gasteiger charge is -2.42. The Balaban J connectivity index is 1.76. The van der Waals surface area contributed by atoms with E-state index < -0.39 is 11.7 Å². The number of ether oxygens (including phenoxy) is 1. The molecule has 0 spiro atoms. The van der Waals surface area contributed by atoms with E-state index in [0.29, 0.717) is 31.0 Å². The van der Waals surface area contributed by atoms with Crippen LogP contribution < -0.4 is 4.74 Å². The molecular formula is C19H25N3O3. The van der Waals surface area contributed by atoms with Crippen LogP contribution in [0.1, 0.15) is 36.5 Å². The molecule has 1 saturated heterocycles. The van der Waals surface area contributed by atoms with Crippen LogP contribution in [0.4, 0.5) is 0 Å². The van der Waals surface area contributed by atoms with Crippen LogP contribution in [-0.4, -0.2) is 50.5 Å². The second-order valence-electron chi connectivity index (χ2n) is 6.76. The minimum atomic E-state index is -0.981. The number of piperidine rings is 1. The van der Waals surface area contributed by atoms with Crippen molar-refractivity contribution in [3.63, 3.8) is 0 Å². The molecule has 6 nitrogen and oxygen atoms in total. The van der Waals surface area contributed by atoms with E-state index in [1.54, 1.807) is 11.8 Å². The Labute approximate surface area is 148 Å². The van der Waals surface area contributed by atoms with Crippen LogP contribution in [0.15, 0.2) is 36.4 Å². The van der Waals surface area contributed by atoms with Crippen molar-refractivity contribution < 1.29 is 14.6 Å². The number of aryl methyl sites for hydroxylation is 2. The molecule has 1 aromatic heterocycles. The Kier molecular flexibility index (Phi) is 4.81. The number of benzene rings is 1. The zero-order valence-corrected chi connectivity index (χ0v) is 15.0. The molecule has 2 heterocycles. The minimum Gasteiger partial charge on any atom is -0.486 e. The second kappa shape index (κ2) is 6.88. The summed E-state index contributed by atoms with van der Waals surface area (Å²) >= 11 is 0. The molecule has 0 aliphatic carbocycles. The van der Waals surface area contributed by atoms with Gasteiger partial charge in [0.25, 0.3) is 5.91 Å². The standard InChI is InChI=1S/C19H25N3O3/c1-4-22-14(2)12-16(20-22)18(23)21-11-10-19(3,24)17(13-21)25-15-8-6-5-7-9-15/h5-9,12,17,24H,4,10-11,13H2,1-3H3/t17-,19-/m1/s1. The average molecular weight is 343 g/mol. The van der Waals surface area contributed by atoms with E-state index in [1.165, 1.54) is 0 Å². The lowest BCUT2D eigenvalue weighted by atomic mass is 9.90. The Hall–Kier alpha value is -2.34. The van der Waals surface area contributed by atoms with Crippen molar-refractivity contribution in [1.29, 1.82) is 0 Å². The molecule has 1 aromatic carbocycles. The molecule has 1 aliphatic rings. The summed E-state index contributed by atoms with van der Waals surface area (Å²) < 4.78 is 7.78. The highest BCUT2D eigenvalue weighted by atomic mass is 16.5. The van der Waals surface area contributed by atoms with E-state index in [0.717, 1.165) is 12.2 Å². The lowest BCUT2D eigenvalue weighted by molar-refractivity contribution is -0.0882. The van der Waals surface area contributed by atoms with E-state index in [9.17, 15) is 9.90 Å². The number of carbonyl (C=O) groups excluding carboxylic acids is 1. The lowest BCUT2D eigenvalue weighted by Crippen LogP contribution is -2.57. The molecule has 1 N–H and O–H groups in total. The molecule has 0 bridgehead atoms. The van der Waals surface area contributed by atoms with Crippen molar-refractivity contribution in [3.05, 3.63) is 47.8 Å². The van der Waals surface area contributed by atoms with Gasteiger partial charge in [0.2, 0.25) is 0 Å². The highest BCUT2D eigenvalue weighted by Gasteiger charge is 2.41. The summed E-state index contributed by atoms with van der Waals surface area (Å²) in [6, 6.07) is 11.2. The number of aliphatic hydroxyl groups is 1. The number of rotatable bonds is 4. The molecule has 0 unspecified atom stereocenters. The van der Waals surface area contributed by atoms with Gasteiger partial charge < -0.3 is 14.7 Å². The summed E-state index contributed by atoms with van der Waals surface area (Å²) in [5.41, 5.74) is 0.428. The van der Waals surface area contributed by atoms with E-state index in [1.807, 2.05) is 54.9 Å². The predicted molar refractivity (Wildman–Crippen MR) is 94.6 cm³/mol. The number of amides is 1. The van der Waals surface area contributed by atoms with Gasteiger partial charge in [0.05, 0.1) is 6.54 Å². The van der Waals surface area contributed by atoms with E-state index in [-0.39, 0.29) is 5.91 Å². The molecule has 2 atom stereocenters. The van der Waals surface area contributed by atoms with E-state index >= 15 is 0 Å². The quantitative estimate of drug-likeness (QED) is 0.925. The molecular weight excluding hydrogens is 318 g/mol. The summed E-state index contributed by atoms with van der Waals surface area (Å²) in [5.74, 6) is 0.570. The first-order valence-electron chi connectivity index (χ1n) is 8.68. The number of hydrogen-bond donors (Lipinski definition) is 1. The van der Waals surface area contributed by atoms with Gasteiger partial charge >= 0.3 is 0 Å². The van der Waals surface area contributed by atoms with Crippen LogP contribution >= 0.6 is 0 Å². The largest absolute Gasteiger partial charge is 0.486 e. The summed E-state index contributed by atoms with van der Waals surface area (Å²) in [5, 5.41) is 15.0. The van der Waals surface area contributed by atoms with Gasteiger partial charge in [-0.2, -0.15) is 5.10 Å². The molecule has 0 saturated carbocycles. The van der Waals surface area contributed by atoms with Gasteiger partial charge in [-0.1, -0.05) is 18.2 Å². The zero-order chi connectivity index (χ0) is 18.0. The van der Waals surface area contributed by atoms with Gasteiger partial charge in [-0.3, -0.25) is 9.48 Å². The third-order valence-electron chi connectivity index (χ3n) is 4.78. The van der Waals surface area contributed by atoms with Crippen molar-refractivity contribution in [2.75, 3.05) is 13.1 Å². The summed E-state index contributed by atoms with van der Waals surface area (Å²) in [6.07, 6.45) is -0.0223. The van der Waals surface area contributed by atoms with Crippen molar-refractivity contribution in [2.45, 2.75) is 45.4 Å². The van der Waals surface area contributed by atoms with Crippen molar-refractivity contribution >= 4 is 5.91 Å². The normalized spacial score (nSPS) is 23.5. The SMILES string of the molecule is CCn1nc(C(=O)N2CC[C@@](C)(O)[C@H](Oc3ccccc3)C2)cc1C. The molecule has 0 radical (unpaired) electrons. The van der Waals surface area contributed by atoms with Crippen LogP contribution in [0.3, 0.4) is 0 Å². The van der Waals surface area contributed by atoms with E-state index in [2.05, 4.69) is 5.10 Å². The molecule has 1 amide bonds. The summed E-state index contributed by atoms with van der Waals surface area (Å²) in [4.78, 5) is 14.5. The number of likely N-dealkylation sites (tertiary alicyclic amines) is 1. The Morgan fingerprint density at radius 3 is 2.76 bits per heavy atom. The van der Waals surface area contributed by atoms with E-state index in [4.69, 9.17) is 4.74 Å². The maximum atomic E-state index is 12.8. The van der Waals surface area contributed by atoms with Crippen molar-refractivity contribution in [3.8, 4) is 5.75 Å². The fraction of sp³-hybridized carbons (Fsp3) is 0.474. The fourth-order valence-corrected chi connectivity index (χ4v) is 3.12. The maximum Gasteiger partial charge on any atom is 0.274 e. The average Bonchev–Trinajstić information content (AvgIpc) is 2.98. The molecule has 25 heavy (non-hydrogen) atoms. The van der Waals surface area contributed by atoms with Crippen molar-refractivity contribution in [2.24, 2.45) is 0 Å². The third-order valence-corrected chi connectivity index (χ3v) is 4.78. The van der Waals surface area contributed by atoms with Gasteiger partial charge in [0, 0.05) is 18.8 Å². The first-order valence-corrected chi connectivity index (χ1v) is 8.68. The Morgan fingerprint density at radius 2 is 2.12 bits per heavy atom. The highest BCUT2D eigenvalue weighted by molar-refractivity contribution is 5.92. The highest BCUT2D eigenvalue weighted by Crippen LogP contribution is 2.27. The number of hydrogen-bond acceptors (Lipinski definition) is 4. The zero-order valence-electron chi connectivity index (χ0n) is 15.0. The van der Waals surface area contributed by atoms with Gasteiger partial charge in [-0.05, 0) is 45.4 Å². The summed E-state index contributed by atoms with van der Waals surface area (Å²) in [6.45, 7) is 7.24. The number of aromatic nitrogens is 2. The molecule has 2 aromatic rings. The Morgan fingerprint density at radius 1 is 1.40 bits per heavy atom. The Bertz CT molecular complexity index is 740. The number of carbonyl (C=O) groups is 1. The molecule has 134 valence electrons. The van der Waals surface area contributed by atoms with Crippen LogP contribution in [0.25, 0.3) is 0 Å². The first-order chi connectivity index (χ1) is 11.9. The smallest absolute Gasteiger partial charge is 0.274 e. The molecule has 3 rings (SSSR count). The van der Waals surface area contributed by atoms with Crippen molar-refractivity contribution in [1.82, 2.24) is 14.7 Å². The molecule has 1 aliphatic heterocycles. The van der Waals surface area contributed by atoms with Crippen LogP contribution in [-0.2, 0) is 6.54 Å². The topological polar surface area (TPSA) is 67.6 Å². The second-order valence-corrected chi connectivity index (χ2v) is 6.76. The predicted octanol–water partition coefficient (Wildman–Crippen LogP) is 2.26. The monoisotopic (exact) mass is 343 g/mol. The fourth-order valence-electron chi connectivity index (χ4n) is 3.12. The van der Waals surface area contributed by atoms with Gasteiger partial charge in [0.1, 0.15) is 17.5 Å². The third kappa shape index (κ3) is 3.69. The van der Waals surface area contributed by atoms with Crippen LogP contribution in [0, 0.1) is 6.92 Å². The van der Waals surface area contributed by atoms with Crippen LogP contribution in [0.2, 0.25) is 0 Å². The van der Waals surface area contributed by atoms with Crippen LogP contribution in [0.5, 0.6) is 5.75 Å². The summed E-state index contributed by atoms with van der Waals surface area (Å²) in [7, 11) is 0. The molecule has 6 heteroatoms. The maximum absolute atomic E-state index is 12.8. The number of para-hydroxylation sites is 1. The first kappa shape index (κ1) is 17.5. The minimum absolute atomic E-state index is 0.118. The van der Waals surface area contributed by atoms with Gasteiger partial charge in [-0.25, -0.2) is 0 Å². The number of nitrogens with zero attached hydrogens (tertiary/aromatic N) is 3. The van der Waals surface area contributed by atoms with Gasteiger partial charge in [-0.15, -0.1) is 0 Å². The van der Waals surface area contributed by atoms with Gasteiger partial charge in [0.15, 0.2) is 5.69 Å².